The largest absolute Gasteiger partial charge is 0.458 e. The van der Waals surface area contributed by atoms with Gasteiger partial charge >= 0.3 is 24.2 Å². The lowest BCUT2D eigenvalue weighted by atomic mass is 9.89. The number of hydrogen-bond donors (Lipinski definition) is 0. The molecule has 0 saturated heterocycles. The van der Waals surface area contributed by atoms with Gasteiger partial charge in [-0.1, -0.05) is 36.4 Å². The fourth-order valence-electron chi connectivity index (χ4n) is 4.30. The molecule has 0 radical (unpaired) electrons. The summed E-state index contributed by atoms with van der Waals surface area (Å²) in [7, 11) is 0. The summed E-state index contributed by atoms with van der Waals surface area (Å²) in [5.41, 5.74) is -5.48. The summed E-state index contributed by atoms with van der Waals surface area (Å²) in [5.74, 6) is -11.3. The summed E-state index contributed by atoms with van der Waals surface area (Å²) in [4.78, 5) is 7.99. The van der Waals surface area contributed by atoms with Gasteiger partial charge in [-0.05, 0) is 24.3 Å². The molecule has 186 valence electrons. The number of para-hydroxylation sites is 2. The molecule has 0 aliphatic heterocycles. The monoisotopic (exact) mass is 516 g/mol. The number of nitrogens with zero attached hydrogens (tertiary/aromatic N) is 2. The fraction of sp³-hybridized carbons (Fsp3) is 0.167. The zero-order valence-electron chi connectivity index (χ0n) is 17.4. The molecule has 36 heavy (non-hydrogen) atoms. The van der Waals surface area contributed by atoms with Gasteiger partial charge in [0.2, 0.25) is 0 Å². The minimum absolute atomic E-state index is 0.332. The number of fused-ring (bicyclic) bond motifs is 5. The summed E-state index contributed by atoms with van der Waals surface area (Å²) >= 11 is 0. The molecule has 5 aromatic rings. The van der Waals surface area contributed by atoms with E-state index < -0.39 is 67.9 Å². The second-order valence-electron chi connectivity index (χ2n) is 8.01. The molecule has 0 amide bonds. The van der Waals surface area contributed by atoms with E-state index in [0.29, 0.717) is 0 Å². The fourth-order valence-corrected chi connectivity index (χ4v) is 4.30. The van der Waals surface area contributed by atoms with E-state index in [-0.39, 0.29) is 11.0 Å². The van der Waals surface area contributed by atoms with Crippen LogP contribution in [-0.2, 0) is 11.8 Å². The number of aromatic nitrogens is 2. The quantitative estimate of drug-likeness (QED) is 0.134. The van der Waals surface area contributed by atoms with Crippen molar-refractivity contribution < 1.29 is 43.9 Å². The van der Waals surface area contributed by atoms with Gasteiger partial charge in [0.25, 0.3) is 0 Å². The summed E-state index contributed by atoms with van der Waals surface area (Å²) in [5, 5.41) is -3.89. The third-order valence-corrected chi connectivity index (χ3v) is 5.83. The van der Waals surface area contributed by atoms with Crippen molar-refractivity contribution in [2.45, 2.75) is 24.2 Å². The van der Waals surface area contributed by atoms with Crippen LogP contribution in [0.3, 0.4) is 0 Å². The minimum Gasteiger partial charge on any atom is -0.248 e. The van der Waals surface area contributed by atoms with Crippen molar-refractivity contribution in [1.82, 2.24) is 9.97 Å². The van der Waals surface area contributed by atoms with Crippen LogP contribution in [0.15, 0.2) is 60.7 Å². The number of halogens is 10. The molecule has 0 aliphatic carbocycles. The Bertz CT molecular complexity index is 1550. The minimum atomic E-state index is -6.21. The Balaban J connectivity index is 2.17. The van der Waals surface area contributed by atoms with Gasteiger partial charge in [-0.15, -0.1) is 0 Å². The molecule has 0 spiro atoms. The zero-order valence-corrected chi connectivity index (χ0v) is 17.4. The molecule has 0 N–H and O–H groups in total. The Morgan fingerprint density at radius 1 is 0.417 bits per heavy atom. The molecule has 0 unspecified atom stereocenters. The van der Waals surface area contributed by atoms with Gasteiger partial charge in [-0.25, -0.2) is 9.97 Å². The first-order chi connectivity index (χ1) is 16.7. The first kappa shape index (κ1) is 24.0. The van der Waals surface area contributed by atoms with E-state index >= 15 is 17.6 Å². The average molecular weight is 516 g/mol. The van der Waals surface area contributed by atoms with Crippen LogP contribution < -0.4 is 0 Å². The Kier molecular flexibility index (Phi) is 4.94. The van der Waals surface area contributed by atoms with Gasteiger partial charge in [0.15, 0.2) is 0 Å². The molecule has 0 bridgehead atoms. The molecule has 3 aromatic carbocycles. The topological polar surface area (TPSA) is 25.8 Å². The first-order valence-electron chi connectivity index (χ1n) is 10.1. The van der Waals surface area contributed by atoms with Gasteiger partial charge < -0.3 is 0 Å². The Hall–Kier alpha value is -3.70. The summed E-state index contributed by atoms with van der Waals surface area (Å²) in [6.07, 6.45) is -12.4. The summed E-state index contributed by atoms with van der Waals surface area (Å²) in [6, 6.07) is 10.7. The third-order valence-electron chi connectivity index (χ3n) is 5.83. The van der Waals surface area contributed by atoms with Gasteiger partial charge in [-0.3, -0.25) is 0 Å². The maximum absolute atomic E-state index is 15.0. The normalized spacial score (nSPS) is 13.8. The predicted octanol–water partition coefficient (Wildman–Crippen LogP) is 8.40. The molecule has 0 saturated carbocycles. The molecule has 12 heteroatoms. The van der Waals surface area contributed by atoms with Crippen molar-refractivity contribution in [3.63, 3.8) is 0 Å². The first-order valence-corrected chi connectivity index (χ1v) is 10.1. The van der Waals surface area contributed by atoms with Gasteiger partial charge in [0, 0.05) is 32.7 Å². The number of benzene rings is 3. The van der Waals surface area contributed by atoms with E-state index in [1.54, 1.807) is 0 Å². The molecule has 2 aromatic heterocycles. The van der Waals surface area contributed by atoms with Gasteiger partial charge in [-0.2, -0.15) is 43.9 Å². The highest BCUT2D eigenvalue weighted by atomic mass is 19.4. The molecule has 2 nitrogen and oxygen atoms in total. The standard InChI is InChI=1S/C24H10F10N2/c25-21(26,23(29,30)31)19-11-5-1-3-7-13(11)35-15-9-10-16-18(17(15)19)20(22(27,28)24(32,33)34)12-6-2-4-8-14(12)36-16/h1-10H. The number of alkyl halides is 10. The number of pyridine rings is 2. The molecule has 0 fully saturated rings. The highest BCUT2D eigenvalue weighted by Crippen LogP contribution is 2.53. The summed E-state index contributed by atoms with van der Waals surface area (Å²) < 4.78 is 142. The van der Waals surface area contributed by atoms with Crippen LogP contribution in [0.4, 0.5) is 43.9 Å². The number of hydrogen-bond acceptors (Lipinski definition) is 2. The maximum Gasteiger partial charge on any atom is 0.458 e. The van der Waals surface area contributed by atoms with E-state index in [0.717, 1.165) is 48.5 Å². The highest BCUT2D eigenvalue weighted by Gasteiger charge is 2.62. The molecular weight excluding hydrogens is 506 g/mol. The molecule has 0 atom stereocenters. The van der Waals surface area contributed by atoms with Gasteiger partial charge in [0.05, 0.1) is 22.1 Å². The van der Waals surface area contributed by atoms with Gasteiger partial charge in [0.1, 0.15) is 0 Å². The third kappa shape index (κ3) is 3.26. The molecule has 0 aliphatic rings. The average Bonchev–Trinajstić information content (AvgIpc) is 2.79. The SMILES string of the molecule is FC(F)(F)C(F)(F)c1c2ccccc2nc2ccc3nc4ccccc4c(C(F)(F)C(F)(F)F)c3c12. The van der Waals surface area contributed by atoms with Crippen LogP contribution >= 0.6 is 0 Å². The van der Waals surface area contributed by atoms with Crippen molar-refractivity contribution >= 4 is 43.6 Å². The van der Waals surface area contributed by atoms with Crippen molar-refractivity contribution in [3.8, 4) is 0 Å². The smallest absolute Gasteiger partial charge is 0.248 e. The summed E-state index contributed by atoms with van der Waals surface area (Å²) in [6.45, 7) is 0. The second-order valence-corrected chi connectivity index (χ2v) is 8.01. The molecular formula is C24H10F10N2. The van der Waals surface area contributed by atoms with Crippen molar-refractivity contribution in [2.75, 3.05) is 0 Å². The Labute approximate surface area is 194 Å². The van der Waals surface area contributed by atoms with Crippen LogP contribution in [0.2, 0.25) is 0 Å². The van der Waals surface area contributed by atoms with Crippen molar-refractivity contribution in [1.29, 1.82) is 0 Å². The zero-order chi connectivity index (χ0) is 26.3. The lowest BCUT2D eigenvalue weighted by molar-refractivity contribution is -0.288. The van der Waals surface area contributed by atoms with Crippen molar-refractivity contribution in [3.05, 3.63) is 71.8 Å². The lowest BCUT2D eigenvalue weighted by Crippen LogP contribution is -2.35. The Morgan fingerprint density at radius 3 is 1.08 bits per heavy atom. The maximum atomic E-state index is 15.0. The number of rotatable bonds is 2. The van der Waals surface area contributed by atoms with E-state index in [2.05, 4.69) is 9.97 Å². The van der Waals surface area contributed by atoms with Crippen LogP contribution in [0.25, 0.3) is 43.6 Å². The highest BCUT2D eigenvalue weighted by molar-refractivity contribution is 6.16. The van der Waals surface area contributed by atoms with Crippen LogP contribution in [0, 0.1) is 0 Å². The van der Waals surface area contributed by atoms with Crippen LogP contribution in [0.1, 0.15) is 11.1 Å². The van der Waals surface area contributed by atoms with Crippen LogP contribution in [0.5, 0.6) is 0 Å². The molecule has 5 rings (SSSR count). The van der Waals surface area contributed by atoms with E-state index in [4.69, 9.17) is 0 Å². The van der Waals surface area contributed by atoms with E-state index in [9.17, 15) is 26.3 Å². The van der Waals surface area contributed by atoms with E-state index in [1.807, 2.05) is 0 Å². The predicted molar refractivity (Wildman–Crippen MR) is 112 cm³/mol. The van der Waals surface area contributed by atoms with Crippen LogP contribution in [-0.4, -0.2) is 22.3 Å². The lowest BCUT2D eigenvalue weighted by Gasteiger charge is -2.26. The second kappa shape index (κ2) is 7.40. The molecule has 2 heterocycles. The van der Waals surface area contributed by atoms with Crippen molar-refractivity contribution in [2.24, 2.45) is 0 Å². The van der Waals surface area contributed by atoms with E-state index in [1.165, 1.54) is 12.1 Å². The Morgan fingerprint density at radius 2 is 0.750 bits per heavy atom.